The van der Waals surface area contributed by atoms with Crippen molar-refractivity contribution in [2.24, 2.45) is 9.98 Å². The molecule has 0 aromatic heterocycles. The largest absolute Gasteiger partial charge is 0.507 e. The number of allylic oxidation sites excluding steroid dienone is 2. The summed E-state index contributed by atoms with van der Waals surface area (Å²) in [5, 5.41) is 11.1. The topological polar surface area (TPSA) is 62.0 Å². The molecule has 4 nitrogen and oxygen atoms in total. The Balaban J connectivity index is 1.86. The molecule has 1 heterocycles. The Labute approximate surface area is 152 Å². The van der Waals surface area contributed by atoms with Crippen molar-refractivity contribution in [1.82, 2.24) is 0 Å². The molecule has 1 aromatic carbocycles. The number of carbonyl (C=O) groups excluding carboxylic acids is 1. The third kappa shape index (κ3) is 4.48. The Bertz CT molecular complexity index is 776. The summed E-state index contributed by atoms with van der Waals surface area (Å²) in [5.41, 5.74) is 3.42. The van der Waals surface area contributed by atoms with Crippen LogP contribution >= 0.6 is 11.8 Å². The predicted molar refractivity (Wildman–Crippen MR) is 105 cm³/mol. The second-order valence-corrected chi connectivity index (χ2v) is 7.18. The maximum Gasteiger partial charge on any atom is 0.188 e. The van der Waals surface area contributed by atoms with Gasteiger partial charge < -0.3 is 5.11 Å². The lowest BCUT2D eigenvalue weighted by atomic mass is 10.1. The van der Waals surface area contributed by atoms with Crippen LogP contribution < -0.4 is 0 Å². The van der Waals surface area contributed by atoms with Crippen LogP contribution in [0.2, 0.25) is 0 Å². The SMILES string of the molecule is CC(=O)C(/C=N/C1=NC2=C(CCCCC2)CS1)=C(/O)c1ccccc1. The minimum Gasteiger partial charge on any atom is -0.507 e. The summed E-state index contributed by atoms with van der Waals surface area (Å²) in [6.45, 7) is 1.43. The van der Waals surface area contributed by atoms with Gasteiger partial charge in [-0.1, -0.05) is 48.5 Å². The van der Waals surface area contributed by atoms with Crippen LogP contribution in [0.5, 0.6) is 0 Å². The fourth-order valence-electron chi connectivity index (χ4n) is 2.97. The van der Waals surface area contributed by atoms with Gasteiger partial charge in [-0.25, -0.2) is 9.98 Å². The monoisotopic (exact) mass is 354 g/mol. The standard InChI is InChI=1S/C20H22N2O2S/c1-14(23)17(19(24)15-8-4-2-5-9-15)12-21-20-22-18-11-7-3-6-10-16(18)13-25-20/h2,4-5,8-9,12,24H,3,6-7,10-11,13H2,1H3/b19-17+,21-12+. The van der Waals surface area contributed by atoms with Crippen LogP contribution in [0, 0.1) is 0 Å². The van der Waals surface area contributed by atoms with Crippen molar-refractivity contribution in [2.75, 3.05) is 5.75 Å². The number of thioether (sulfide) groups is 1. The van der Waals surface area contributed by atoms with Crippen LogP contribution in [0.4, 0.5) is 0 Å². The number of nitrogens with zero attached hydrogens (tertiary/aromatic N) is 2. The number of aliphatic imine (C=N–C) groups is 2. The molecule has 0 atom stereocenters. The highest BCUT2D eigenvalue weighted by atomic mass is 32.2. The van der Waals surface area contributed by atoms with Gasteiger partial charge in [0.25, 0.3) is 0 Å². The Hall–Kier alpha value is -2.14. The minimum absolute atomic E-state index is 0.0485. The molecule has 1 N–H and O–H groups in total. The maximum absolute atomic E-state index is 11.9. The first-order valence-corrected chi connectivity index (χ1v) is 9.60. The zero-order valence-electron chi connectivity index (χ0n) is 14.4. The normalized spacial score (nSPS) is 19.2. The first-order valence-electron chi connectivity index (χ1n) is 8.61. The zero-order valence-corrected chi connectivity index (χ0v) is 15.2. The highest BCUT2D eigenvalue weighted by Gasteiger charge is 2.18. The molecule has 0 saturated carbocycles. The van der Waals surface area contributed by atoms with Gasteiger partial charge in [0.1, 0.15) is 5.76 Å². The van der Waals surface area contributed by atoms with E-state index in [2.05, 4.69) is 9.98 Å². The average molecular weight is 354 g/mol. The molecule has 25 heavy (non-hydrogen) atoms. The van der Waals surface area contributed by atoms with Gasteiger partial charge in [0.15, 0.2) is 11.0 Å². The van der Waals surface area contributed by atoms with E-state index in [-0.39, 0.29) is 17.1 Å². The number of ketones is 1. The molecule has 0 spiro atoms. The number of benzene rings is 1. The molecule has 5 heteroatoms. The van der Waals surface area contributed by atoms with E-state index in [9.17, 15) is 9.90 Å². The predicted octanol–water partition coefficient (Wildman–Crippen LogP) is 4.94. The molecule has 3 rings (SSSR count). The number of hydrogen-bond donors (Lipinski definition) is 1. The number of aliphatic hydroxyl groups is 1. The fraction of sp³-hybridized carbons (Fsp3) is 0.350. The van der Waals surface area contributed by atoms with Crippen molar-refractivity contribution < 1.29 is 9.90 Å². The van der Waals surface area contributed by atoms with Crippen LogP contribution in [-0.4, -0.2) is 28.0 Å². The van der Waals surface area contributed by atoms with Crippen molar-refractivity contribution in [2.45, 2.75) is 39.0 Å². The van der Waals surface area contributed by atoms with E-state index < -0.39 is 0 Å². The molecule has 0 saturated heterocycles. The number of aliphatic hydroxyl groups excluding tert-OH is 1. The molecule has 1 aliphatic heterocycles. The Kier molecular flexibility index (Phi) is 5.87. The van der Waals surface area contributed by atoms with Gasteiger partial charge in [-0.15, -0.1) is 0 Å². The smallest absolute Gasteiger partial charge is 0.188 e. The molecule has 130 valence electrons. The van der Waals surface area contributed by atoms with E-state index in [1.54, 1.807) is 23.9 Å². The van der Waals surface area contributed by atoms with Crippen molar-refractivity contribution in [3.63, 3.8) is 0 Å². The van der Waals surface area contributed by atoms with Gasteiger partial charge in [0.2, 0.25) is 0 Å². The van der Waals surface area contributed by atoms with Gasteiger partial charge in [0, 0.05) is 23.2 Å². The summed E-state index contributed by atoms with van der Waals surface area (Å²) >= 11 is 1.60. The molecule has 0 amide bonds. The third-order valence-electron chi connectivity index (χ3n) is 4.39. The molecule has 1 aliphatic carbocycles. The molecule has 1 aromatic rings. The lowest BCUT2D eigenvalue weighted by molar-refractivity contribution is -0.113. The van der Waals surface area contributed by atoms with Gasteiger partial charge in [0.05, 0.1) is 5.57 Å². The fourth-order valence-corrected chi connectivity index (χ4v) is 3.89. The molecule has 0 unspecified atom stereocenters. The van der Waals surface area contributed by atoms with E-state index in [4.69, 9.17) is 0 Å². The number of hydrogen-bond acceptors (Lipinski definition) is 5. The van der Waals surface area contributed by atoms with Crippen molar-refractivity contribution >= 4 is 34.7 Å². The first kappa shape index (κ1) is 17.7. The lowest BCUT2D eigenvalue weighted by Crippen LogP contribution is -2.07. The number of rotatable bonds is 3. The summed E-state index contributed by atoms with van der Waals surface area (Å²) in [6, 6.07) is 9.04. The maximum atomic E-state index is 11.9. The third-order valence-corrected chi connectivity index (χ3v) is 5.34. The van der Waals surface area contributed by atoms with E-state index in [0.717, 1.165) is 18.6 Å². The van der Waals surface area contributed by atoms with E-state index in [1.807, 2.05) is 18.2 Å². The summed E-state index contributed by atoms with van der Waals surface area (Å²) in [4.78, 5) is 21.0. The molecule has 2 aliphatic rings. The van der Waals surface area contributed by atoms with Crippen molar-refractivity contribution in [3.8, 4) is 0 Å². The van der Waals surface area contributed by atoms with Crippen LogP contribution in [-0.2, 0) is 4.79 Å². The van der Waals surface area contributed by atoms with E-state index >= 15 is 0 Å². The summed E-state index contributed by atoms with van der Waals surface area (Å²) in [7, 11) is 0. The number of carbonyl (C=O) groups is 1. The summed E-state index contributed by atoms with van der Waals surface area (Å²) < 4.78 is 0. The Morgan fingerprint density at radius 2 is 1.96 bits per heavy atom. The first-order chi connectivity index (χ1) is 12.1. The molecule has 0 fully saturated rings. The van der Waals surface area contributed by atoms with E-state index in [0.29, 0.717) is 10.7 Å². The number of amidine groups is 1. The van der Waals surface area contributed by atoms with Gasteiger partial charge in [-0.3, -0.25) is 4.79 Å². The highest BCUT2D eigenvalue weighted by Crippen LogP contribution is 2.32. The Morgan fingerprint density at radius 1 is 1.20 bits per heavy atom. The summed E-state index contributed by atoms with van der Waals surface area (Å²) in [6.07, 6.45) is 7.27. The van der Waals surface area contributed by atoms with Crippen LogP contribution in [0.3, 0.4) is 0 Å². The minimum atomic E-state index is -0.221. The molecular weight excluding hydrogens is 332 g/mol. The van der Waals surface area contributed by atoms with Crippen LogP contribution in [0.15, 0.2) is 57.2 Å². The second kappa shape index (κ2) is 8.30. The van der Waals surface area contributed by atoms with E-state index in [1.165, 1.54) is 43.7 Å². The van der Waals surface area contributed by atoms with Gasteiger partial charge in [-0.05, 0) is 38.2 Å². The molecular formula is C20H22N2O2S. The van der Waals surface area contributed by atoms with Gasteiger partial charge in [-0.2, -0.15) is 0 Å². The number of Topliss-reactive ketones (excluding diaryl/α,β-unsaturated/α-hetero) is 1. The lowest BCUT2D eigenvalue weighted by Gasteiger charge is -2.14. The van der Waals surface area contributed by atoms with Crippen LogP contribution in [0.25, 0.3) is 5.76 Å². The van der Waals surface area contributed by atoms with Crippen molar-refractivity contribution in [3.05, 3.63) is 52.7 Å². The molecule has 0 bridgehead atoms. The molecule has 0 radical (unpaired) electrons. The van der Waals surface area contributed by atoms with Gasteiger partial charge >= 0.3 is 0 Å². The Morgan fingerprint density at radius 3 is 2.72 bits per heavy atom. The quantitative estimate of drug-likeness (QED) is 0.475. The zero-order chi connectivity index (χ0) is 17.6. The average Bonchev–Trinajstić information content (AvgIpc) is 2.87. The summed E-state index contributed by atoms with van der Waals surface area (Å²) in [5.74, 6) is 0.656. The van der Waals surface area contributed by atoms with Crippen LogP contribution in [0.1, 0.15) is 44.6 Å². The second-order valence-electron chi connectivity index (χ2n) is 6.24. The highest BCUT2D eigenvalue weighted by molar-refractivity contribution is 8.14. The van der Waals surface area contributed by atoms with Crippen molar-refractivity contribution in [1.29, 1.82) is 0 Å².